The van der Waals surface area contributed by atoms with Crippen LogP contribution < -0.4 is 16.4 Å². The maximum absolute atomic E-state index is 12.4. The summed E-state index contributed by atoms with van der Waals surface area (Å²) in [6.45, 7) is 3.16. The van der Waals surface area contributed by atoms with Crippen LogP contribution in [0, 0.1) is 0 Å². The monoisotopic (exact) mass is 328 g/mol. The zero-order chi connectivity index (χ0) is 17.6. The molecule has 0 saturated heterocycles. The number of hydrogen-bond donors (Lipinski definition) is 3. The van der Waals surface area contributed by atoms with Crippen molar-refractivity contribution in [1.82, 2.24) is 5.32 Å². The lowest BCUT2D eigenvalue weighted by molar-refractivity contribution is -0.137. The number of amidine groups is 1. The summed E-state index contributed by atoms with van der Waals surface area (Å²) in [5, 5.41) is 4.66. The molecule has 0 radical (unpaired) electrons. The molecule has 23 heavy (non-hydrogen) atoms. The second kappa shape index (κ2) is 7.43. The molecule has 0 saturated carbocycles. The van der Waals surface area contributed by atoms with Gasteiger partial charge in [0.1, 0.15) is 12.4 Å². The Kier molecular flexibility index (Phi) is 5.88. The molecular weight excluding hydrogens is 313 g/mol. The van der Waals surface area contributed by atoms with E-state index in [0.717, 1.165) is 24.3 Å². The van der Waals surface area contributed by atoms with Gasteiger partial charge in [0.05, 0.1) is 11.1 Å². The topological polar surface area (TPSA) is 96.6 Å². The second-order valence-corrected chi connectivity index (χ2v) is 4.38. The van der Waals surface area contributed by atoms with E-state index >= 15 is 0 Å². The van der Waals surface area contributed by atoms with Crippen molar-refractivity contribution in [1.29, 1.82) is 0 Å². The third kappa shape index (κ3) is 5.46. The van der Waals surface area contributed by atoms with Crippen molar-refractivity contribution in [3.8, 4) is 0 Å². The van der Waals surface area contributed by atoms with Crippen LogP contribution in [-0.4, -0.2) is 31.2 Å². The molecule has 9 heteroatoms. The van der Waals surface area contributed by atoms with Gasteiger partial charge in [-0.25, -0.2) is 0 Å². The Labute approximate surface area is 130 Å². The highest BCUT2D eigenvalue weighted by molar-refractivity contribution is 6.23. The third-order valence-electron chi connectivity index (χ3n) is 2.73. The van der Waals surface area contributed by atoms with Crippen molar-refractivity contribution >= 4 is 23.3 Å². The van der Waals surface area contributed by atoms with Crippen LogP contribution in [0.2, 0.25) is 0 Å². The average molecular weight is 328 g/mol. The first-order valence-corrected chi connectivity index (χ1v) is 6.33. The van der Waals surface area contributed by atoms with Gasteiger partial charge in [-0.1, -0.05) is 6.58 Å². The number of carbonyl (C=O) groups excluding carboxylic acids is 2. The van der Waals surface area contributed by atoms with E-state index in [1.54, 1.807) is 0 Å². The Morgan fingerprint density at radius 3 is 2.30 bits per heavy atom. The average Bonchev–Trinajstić information content (AvgIpc) is 2.50. The van der Waals surface area contributed by atoms with Gasteiger partial charge in [0.15, 0.2) is 0 Å². The number of aliphatic imine (C=N–C) groups is 1. The van der Waals surface area contributed by atoms with Gasteiger partial charge >= 0.3 is 6.18 Å². The molecule has 0 bridgehead atoms. The van der Waals surface area contributed by atoms with Crippen LogP contribution in [0.5, 0.6) is 0 Å². The number of amides is 2. The van der Waals surface area contributed by atoms with Crippen LogP contribution in [0.25, 0.3) is 0 Å². The van der Waals surface area contributed by atoms with Crippen molar-refractivity contribution in [2.45, 2.75) is 6.18 Å². The molecule has 0 spiro atoms. The molecular formula is C14H15F3N4O2. The molecule has 1 aromatic carbocycles. The van der Waals surface area contributed by atoms with Gasteiger partial charge in [-0.05, 0) is 24.3 Å². The Bertz CT molecular complexity index is 636. The summed E-state index contributed by atoms with van der Waals surface area (Å²) in [5.74, 6) is -1.37. The number of nitrogens with zero attached hydrogens (tertiary/aromatic N) is 1. The molecule has 0 aromatic heterocycles. The molecule has 0 aliphatic rings. The maximum Gasteiger partial charge on any atom is 0.416 e. The third-order valence-corrected chi connectivity index (χ3v) is 2.73. The highest BCUT2D eigenvalue weighted by Crippen LogP contribution is 2.29. The van der Waals surface area contributed by atoms with E-state index in [4.69, 9.17) is 5.73 Å². The Morgan fingerprint density at radius 1 is 1.26 bits per heavy atom. The molecule has 0 heterocycles. The van der Waals surface area contributed by atoms with Crippen molar-refractivity contribution < 1.29 is 22.8 Å². The summed E-state index contributed by atoms with van der Waals surface area (Å²) >= 11 is 0. The van der Waals surface area contributed by atoms with Crippen LogP contribution in [0.3, 0.4) is 0 Å². The number of benzene rings is 1. The summed E-state index contributed by atoms with van der Waals surface area (Å²) in [6.07, 6.45) is -4.46. The minimum absolute atomic E-state index is 0.142. The lowest BCUT2D eigenvalue weighted by Crippen LogP contribution is -2.28. The zero-order valence-corrected chi connectivity index (χ0v) is 12.2. The maximum atomic E-state index is 12.4. The first-order valence-electron chi connectivity index (χ1n) is 6.33. The Balaban J connectivity index is 2.72. The van der Waals surface area contributed by atoms with Crippen LogP contribution in [-0.2, 0) is 15.8 Å². The van der Waals surface area contributed by atoms with Crippen molar-refractivity contribution in [2.24, 2.45) is 10.7 Å². The van der Waals surface area contributed by atoms with Crippen molar-refractivity contribution in [3.63, 3.8) is 0 Å². The highest BCUT2D eigenvalue weighted by atomic mass is 19.4. The van der Waals surface area contributed by atoms with Crippen LogP contribution in [0.4, 0.5) is 18.9 Å². The van der Waals surface area contributed by atoms with E-state index in [1.165, 1.54) is 7.05 Å². The Hall–Kier alpha value is -2.84. The number of likely N-dealkylation sites (N-methyl/N-ethyl adjacent to an activating group) is 1. The number of hydrogen-bond acceptors (Lipinski definition) is 3. The van der Waals surface area contributed by atoms with Gasteiger partial charge in [0.25, 0.3) is 5.91 Å². The van der Waals surface area contributed by atoms with Gasteiger partial charge in [0, 0.05) is 12.7 Å². The first-order chi connectivity index (χ1) is 10.6. The number of rotatable bonds is 5. The molecule has 1 rings (SSSR count). The summed E-state index contributed by atoms with van der Waals surface area (Å²) in [7, 11) is 1.42. The van der Waals surface area contributed by atoms with Crippen molar-refractivity contribution in [2.75, 3.05) is 18.9 Å². The number of nitrogens with two attached hydrogens (primary N) is 1. The number of alkyl halides is 3. The van der Waals surface area contributed by atoms with Crippen LogP contribution in [0.15, 0.2) is 41.4 Å². The zero-order valence-electron chi connectivity index (χ0n) is 12.2. The second-order valence-electron chi connectivity index (χ2n) is 4.38. The van der Waals surface area contributed by atoms with E-state index in [1.807, 2.05) is 0 Å². The number of carbonyl (C=O) groups is 2. The summed E-state index contributed by atoms with van der Waals surface area (Å²) in [4.78, 5) is 26.5. The normalized spacial score (nSPS) is 11.7. The lowest BCUT2D eigenvalue weighted by atomic mass is 10.2. The summed E-state index contributed by atoms with van der Waals surface area (Å²) in [5.41, 5.74) is 4.63. The molecule has 4 N–H and O–H groups in total. The van der Waals surface area contributed by atoms with E-state index in [9.17, 15) is 22.8 Å². The molecule has 0 fully saturated rings. The SMILES string of the molecule is C=C(C(=O)Nc1ccc(C(F)(F)F)cc1)C(N)=NCC(=O)NC. The van der Waals surface area contributed by atoms with Gasteiger partial charge < -0.3 is 16.4 Å². The minimum atomic E-state index is -4.46. The molecule has 0 aliphatic heterocycles. The fourth-order valence-corrected chi connectivity index (χ4v) is 1.40. The lowest BCUT2D eigenvalue weighted by Gasteiger charge is -2.10. The molecule has 6 nitrogen and oxygen atoms in total. The minimum Gasteiger partial charge on any atom is -0.383 e. The van der Waals surface area contributed by atoms with Gasteiger partial charge in [-0.3, -0.25) is 14.6 Å². The number of anilines is 1. The first kappa shape index (κ1) is 18.2. The standard InChI is InChI=1S/C14H15F3N4O2/c1-8(12(18)20-7-11(22)19-2)13(23)21-10-5-3-9(4-6-10)14(15,16)17/h3-6H,1,7H2,2H3,(H2,18,20)(H,19,22)(H,21,23). The van der Waals surface area contributed by atoms with Gasteiger partial charge in [0.2, 0.25) is 5.91 Å². The van der Waals surface area contributed by atoms with Crippen LogP contribution in [0.1, 0.15) is 5.56 Å². The Morgan fingerprint density at radius 2 is 1.83 bits per heavy atom. The summed E-state index contributed by atoms with van der Waals surface area (Å²) < 4.78 is 37.3. The quantitative estimate of drug-likeness (QED) is 0.432. The predicted octanol–water partition coefficient (Wildman–Crippen LogP) is 1.30. The van der Waals surface area contributed by atoms with Gasteiger partial charge in [-0.2, -0.15) is 13.2 Å². The highest BCUT2D eigenvalue weighted by Gasteiger charge is 2.30. The van der Waals surface area contributed by atoms with E-state index < -0.39 is 23.6 Å². The summed E-state index contributed by atoms with van der Waals surface area (Å²) in [6, 6.07) is 3.88. The fourth-order valence-electron chi connectivity index (χ4n) is 1.40. The van der Waals surface area contributed by atoms with E-state index in [2.05, 4.69) is 22.2 Å². The molecule has 2 amide bonds. The smallest absolute Gasteiger partial charge is 0.383 e. The van der Waals surface area contributed by atoms with Crippen LogP contribution >= 0.6 is 0 Å². The van der Waals surface area contributed by atoms with E-state index in [0.29, 0.717) is 0 Å². The predicted molar refractivity (Wildman–Crippen MR) is 79.8 cm³/mol. The molecule has 0 aliphatic carbocycles. The number of nitrogens with one attached hydrogen (secondary N) is 2. The molecule has 0 unspecified atom stereocenters. The molecule has 1 aromatic rings. The van der Waals surface area contributed by atoms with E-state index in [-0.39, 0.29) is 23.6 Å². The number of halogens is 3. The molecule has 124 valence electrons. The largest absolute Gasteiger partial charge is 0.416 e. The molecule has 0 atom stereocenters. The van der Waals surface area contributed by atoms with Gasteiger partial charge in [-0.15, -0.1) is 0 Å². The fraction of sp³-hybridized carbons (Fsp3) is 0.214. The van der Waals surface area contributed by atoms with Crippen molar-refractivity contribution in [3.05, 3.63) is 42.0 Å².